The number of benzene rings is 1. The van der Waals surface area contributed by atoms with Gasteiger partial charge in [0.2, 0.25) is 15.9 Å². The molecule has 1 amide bonds. The second kappa shape index (κ2) is 5.71. The number of nitrogens with two attached hydrogens (primary N) is 1. The van der Waals surface area contributed by atoms with Crippen LogP contribution < -0.4 is 10.5 Å². The molecule has 2 rings (SSSR count). The summed E-state index contributed by atoms with van der Waals surface area (Å²) in [6, 6.07) is 2.67. The van der Waals surface area contributed by atoms with Crippen LogP contribution in [0.25, 0.3) is 11.0 Å². The number of primary amides is 1. The number of nitrogens with one attached hydrogen (secondary N) is 1. The zero-order valence-corrected chi connectivity index (χ0v) is 12.0. The lowest BCUT2D eigenvalue weighted by atomic mass is 10.2. The minimum Gasteiger partial charge on any atom is -0.480 e. The van der Waals surface area contributed by atoms with Gasteiger partial charge in [-0.15, -0.1) is 0 Å². The number of sulfonamides is 1. The maximum atomic E-state index is 12.3. The van der Waals surface area contributed by atoms with E-state index in [2.05, 4.69) is 8.75 Å². The van der Waals surface area contributed by atoms with Crippen molar-refractivity contribution >= 4 is 44.7 Å². The molecular weight excluding hydrogens is 320 g/mol. The fourth-order valence-corrected chi connectivity index (χ4v) is 3.59. The van der Waals surface area contributed by atoms with Gasteiger partial charge < -0.3 is 10.8 Å². The standard InChI is InChI=1S/C10H10N4O5S2/c11-8(15)4-6(10(16)17)14-21(18,19)7-3-1-2-5-9(7)13-20-12-5/h1-3,6,14H,4H2,(H2,11,15)(H,16,17)/t6-/m1/s1. The highest BCUT2D eigenvalue weighted by atomic mass is 32.2. The molecule has 1 aromatic carbocycles. The molecule has 2 aromatic rings. The lowest BCUT2D eigenvalue weighted by molar-refractivity contribution is -0.140. The predicted molar refractivity (Wildman–Crippen MR) is 73.0 cm³/mol. The largest absolute Gasteiger partial charge is 0.480 e. The van der Waals surface area contributed by atoms with Crippen LogP contribution in [0.5, 0.6) is 0 Å². The highest BCUT2D eigenvalue weighted by Crippen LogP contribution is 2.21. The first-order valence-electron chi connectivity index (χ1n) is 5.56. The maximum Gasteiger partial charge on any atom is 0.322 e. The number of carbonyl (C=O) groups excluding carboxylic acids is 1. The van der Waals surface area contributed by atoms with E-state index in [0.717, 1.165) is 11.7 Å². The number of amides is 1. The molecule has 0 bridgehead atoms. The molecule has 1 aromatic heterocycles. The van der Waals surface area contributed by atoms with E-state index in [-0.39, 0.29) is 10.4 Å². The first-order valence-corrected chi connectivity index (χ1v) is 7.77. The smallest absolute Gasteiger partial charge is 0.322 e. The fourth-order valence-electron chi connectivity index (χ4n) is 1.63. The Morgan fingerprint density at radius 1 is 1.38 bits per heavy atom. The Morgan fingerprint density at radius 3 is 2.71 bits per heavy atom. The summed E-state index contributed by atoms with van der Waals surface area (Å²) in [4.78, 5) is 21.6. The van der Waals surface area contributed by atoms with Crippen molar-refractivity contribution in [3.05, 3.63) is 18.2 Å². The van der Waals surface area contributed by atoms with Crippen LogP contribution in [0.15, 0.2) is 23.1 Å². The van der Waals surface area contributed by atoms with Crippen LogP contribution in [0.4, 0.5) is 0 Å². The van der Waals surface area contributed by atoms with E-state index in [0.29, 0.717) is 5.52 Å². The number of carbonyl (C=O) groups is 2. The van der Waals surface area contributed by atoms with Crippen molar-refractivity contribution < 1.29 is 23.1 Å². The zero-order chi connectivity index (χ0) is 15.6. The van der Waals surface area contributed by atoms with Crippen molar-refractivity contribution in [1.82, 2.24) is 13.5 Å². The van der Waals surface area contributed by atoms with E-state index >= 15 is 0 Å². The summed E-state index contributed by atoms with van der Waals surface area (Å²) >= 11 is 0.836. The van der Waals surface area contributed by atoms with Gasteiger partial charge >= 0.3 is 5.97 Å². The molecule has 1 heterocycles. The quantitative estimate of drug-likeness (QED) is 0.633. The third kappa shape index (κ3) is 3.32. The number of aliphatic carboxylic acids is 1. The molecule has 0 aliphatic carbocycles. The number of hydrogen-bond donors (Lipinski definition) is 3. The molecule has 1 atom stereocenters. The van der Waals surface area contributed by atoms with E-state index in [1.165, 1.54) is 12.1 Å². The van der Waals surface area contributed by atoms with Gasteiger partial charge in [-0.3, -0.25) is 9.59 Å². The Balaban J connectivity index is 2.39. The summed E-state index contributed by atoms with van der Waals surface area (Å²) in [7, 11) is -4.18. The Bertz CT molecular complexity index is 801. The van der Waals surface area contributed by atoms with E-state index in [1.54, 1.807) is 6.07 Å². The number of rotatable bonds is 6. The molecule has 21 heavy (non-hydrogen) atoms. The molecule has 0 radical (unpaired) electrons. The monoisotopic (exact) mass is 330 g/mol. The number of carboxylic acids is 1. The average Bonchev–Trinajstić information content (AvgIpc) is 2.84. The van der Waals surface area contributed by atoms with E-state index < -0.39 is 34.4 Å². The predicted octanol–water partition coefficient (Wildman–Crippen LogP) is -0.702. The molecule has 0 aliphatic rings. The molecule has 0 fully saturated rings. The number of nitrogens with zero attached hydrogens (tertiary/aromatic N) is 2. The summed E-state index contributed by atoms with van der Waals surface area (Å²) in [6.45, 7) is 0. The van der Waals surface area contributed by atoms with Crippen LogP contribution >= 0.6 is 11.7 Å². The second-order valence-corrected chi connectivity index (χ2v) is 6.28. The van der Waals surface area contributed by atoms with Crippen molar-refractivity contribution in [2.75, 3.05) is 0 Å². The Kier molecular flexibility index (Phi) is 4.16. The highest BCUT2D eigenvalue weighted by Gasteiger charge is 2.28. The molecule has 0 saturated heterocycles. The van der Waals surface area contributed by atoms with Gasteiger partial charge in [-0.1, -0.05) is 6.07 Å². The maximum absolute atomic E-state index is 12.3. The molecule has 9 nitrogen and oxygen atoms in total. The first-order chi connectivity index (χ1) is 9.81. The van der Waals surface area contributed by atoms with Crippen molar-refractivity contribution in [3.63, 3.8) is 0 Å². The molecule has 0 spiro atoms. The van der Waals surface area contributed by atoms with E-state index in [1.807, 2.05) is 4.72 Å². The topological polar surface area (TPSA) is 152 Å². The van der Waals surface area contributed by atoms with Gasteiger partial charge in [-0.2, -0.15) is 13.5 Å². The molecule has 112 valence electrons. The van der Waals surface area contributed by atoms with Crippen LogP contribution in [-0.4, -0.2) is 40.2 Å². The Hall–Kier alpha value is -2.11. The third-order valence-electron chi connectivity index (χ3n) is 2.54. The molecular formula is C10H10N4O5S2. The van der Waals surface area contributed by atoms with E-state index in [4.69, 9.17) is 10.8 Å². The molecule has 11 heteroatoms. The molecule has 0 unspecified atom stereocenters. The summed E-state index contributed by atoms with van der Waals surface area (Å²) in [5.41, 5.74) is 5.42. The minimum absolute atomic E-state index is 0.137. The lowest BCUT2D eigenvalue weighted by Crippen LogP contribution is -2.43. The van der Waals surface area contributed by atoms with E-state index in [9.17, 15) is 18.0 Å². The van der Waals surface area contributed by atoms with Gasteiger partial charge in [0.25, 0.3) is 0 Å². The van der Waals surface area contributed by atoms with Crippen LogP contribution in [-0.2, 0) is 19.6 Å². The number of aromatic nitrogens is 2. The van der Waals surface area contributed by atoms with Crippen LogP contribution in [0.2, 0.25) is 0 Å². The van der Waals surface area contributed by atoms with Gasteiger partial charge in [-0.25, -0.2) is 8.42 Å². The second-order valence-electron chi connectivity index (χ2n) is 4.07. The van der Waals surface area contributed by atoms with Crippen LogP contribution in [0, 0.1) is 0 Å². The third-order valence-corrected chi connectivity index (χ3v) is 4.59. The fraction of sp³-hybridized carbons (Fsp3) is 0.200. The highest BCUT2D eigenvalue weighted by molar-refractivity contribution is 7.89. The Labute approximate surface area is 123 Å². The minimum atomic E-state index is -4.18. The SMILES string of the molecule is NC(=O)C[C@@H](NS(=O)(=O)c1cccc2nsnc12)C(=O)O. The number of hydrogen-bond acceptors (Lipinski definition) is 7. The Morgan fingerprint density at radius 2 is 2.10 bits per heavy atom. The average molecular weight is 330 g/mol. The molecule has 4 N–H and O–H groups in total. The van der Waals surface area contributed by atoms with Crippen molar-refractivity contribution in [2.24, 2.45) is 5.73 Å². The molecule has 0 saturated carbocycles. The van der Waals surface area contributed by atoms with Crippen molar-refractivity contribution in [1.29, 1.82) is 0 Å². The van der Waals surface area contributed by atoms with Gasteiger partial charge in [0.1, 0.15) is 22.0 Å². The molecule has 0 aliphatic heterocycles. The first kappa shape index (κ1) is 15.3. The van der Waals surface area contributed by atoms with Crippen LogP contribution in [0.3, 0.4) is 0 Å². The van der Waals surface area contributed by atoms with Gasteiger partial charge in [0.05, 0.1) is 18.1 Å². The van der Waals surface area contributed by atoms with Crippen molar-refractivity contribution in [2.45, 2.75) is 17.4 Å². The van der Waals surface area contributed by atoms with Crippen molar-refractivity contribution in [3.8, 4) is 0 Å². The van der Waals surface area contributed by atoms with Gasteiger partial charge in [0, 0.05) is 0 Å². The summed E-state index contributed by atoms with van der Waals surface area (Å²) in [5, 5.41) is 8.95. The van der Waals surface area contributed by atoms with Gasteiger partial charge in [0.15, 0.2) is 0 Å². The summed E-state index contributed by atoms with van der Waals surface area (Å²) in [5.74, 6) is -2.43. The lowest BCUT2D eigenvalue weighted by Gasteiger charge is -2.13. The summed E-state index contributed by atoms with van der Waals surface area (Å²) < 4.78 is 34.2. The summed E-state index contributed by atoms with van der Waals surface area (Å²) in [6.07, 6.45) is -0.653. The number of carboxylic acid groups (broad SMARTS) is 1. The normalized spacial score (nSPS) is 13.1. The van der Waals surface area contributed by atoms with Crippen LogP contribution in [0.1, 0.15) is 6.42 Å². The number of fused-ring (bicyclic) bond motifs is 1. The van der Waals surface area contributed by atoms with Gasteiger partial charge in [-0.05, 0) is 12.1 Å². The zero-order valence-electron chi connectivity index (χ0n) is 10.4.